The average Bonchev–Trinajstić information content (AvgIpc) is 3.43. The number of rotatable bonds is 63. The van der Waals surface area contributed by atoms with Crippen LogP contribution in [0.3, 0.4) is 0 Å². The summed E-state index contributed by atoms with van der Waals surface area (Å²) in [5, 5.41) is 0. The smallest absolute Gasteiger partial charge is 0.306 e. The predicted octanol–water partition coefficient (Wildman–Crippen LogP) is 23.3. The number of unbranched alkanes of at least 4 members (excludes halogenated alkanes) is 44. The van der Waals surface area contributed by atoms with Crippen LogP contribution in [0.25, 0.3) is 0 Å². The third-order valence-electron chi connectivity index (χ3n) is 15.3. The van der Waals surface area contributed by atoms with E-state index in [-0.39, 0.29) is 31.1 Å². The van der Waals surface area contributed by atoms with Gasteiger partial charge in [0.2, 0.25) is 0 Å². The van der Waals surface area contributed by atoms with Crippen LogP contribution in [0.2, 0.25) is 0 Å². The lowest BCUT2D eigenvalue weighted by Gasteiger charge is -2.18. The van der Waals surface area contributed by atoms with Crippen LogP contribution in [0.15, 0.2) is 48.6 Å². The van der Waals surface area contributed by atoms with E-state index in [1.165, 1.54) is 244 Å². The Bertz CT molecular complexity index is 1330. The zero-order valence-corrected chi connectivity index (χ0v) is 51.7. The maximum Gasteiger partial charge on any atom is 0.306 e. The second kappa shape index (κ2) is 65.9. The molecule has 0 aromatic carbocycles. The molecular weight excluding hydrogens is 949 g/mol. The molecule has 6 nitrogen and oxygen atoms in total. The first kappa shape index (κ1) is 74.4. The van der Waals surface area contributed by atoms with Crippen LogP contribution in [-0.4, -0.2) is 37.2 Å². The van der Waals surface area contributed by atoms with Crippen LogP contribution in [-0.2, 0) is 28.6 Å². The largest absolute Gasteiger partial charge is 0.462 e. The van der Waals surface area contributed by atoms with Crippen LogP contribution in [0.4, 0.5) is 0 Å². The van der Waals surface area contributed by atoms with Crippen molar-refractivity contribution in [1.29, 1.82) is 0 Å². The van der Waals surface area contributed by atoms with Gasteiger partial charge in [-0.25, -0.2) is 0 Å². The van der Waals surface area contributed by atoms with E-state index in [0.29, 0.717) is 19.3 Å². The van der Waals surface area contributed by atoms with Gasteiger partial charge in [-0.3, -0.25) is 14.4 Å². The molecule has 450 valence electrons. The van der Waals surface area contributed by atoms with Gasteiger partial charge < -0.3 is 14.2 Å². The normalized spacial score (nSPS) is 12.3. The molecule has 0 aromatic heterocycles. The SMILES string of the molecule is CCCCC/C=C\C/C=C\C/C=C\C/C=C\CCCCCC(=O)OC(COC(=O)CCCCCCCCCCCCCCCCCCCCC)COC(=O)CCCCCCCCCCCCCCCCCCCCCCC. The van der Waals surface area contributed by atoms with Gasteiger partial charge in [0.1, 0.15) is 13.2 Å². The van der Waals surface area contributed by atoms with E-state index in [4.69, 9.17) is 14.2 Å². The molecule has 0 fully saturated rings. The molecule has 0 aromatic rings. The number of carbonyl (C=O) groups excluding carboxylic acids is 3. The first-order valence-electron chi connectivity index (χ1n) is 34.1. The molecule has 0 bridgehead atoms. The first-order valence-corrected chi connectivity index (χ1v) is 34.1. The van der Waals surface area contributed by atoms with Crippen LogP contribution in [0.1, 0.15) is 367 Å². The van der Waals surface area contributed by atoms with E-state index in [0.717, 1.165) is 83.5 Å². The van der Waals surface area contributed by atoms with E-state index >= 15 is 0 Å². The molecule has 0 aliphatic heterocycles. The van der Waals surface area contributed by atoms with Crippen LogP contribution < -0.4 is 0 Å². The highest BCUT2D eigenvalue weighted by atomic mass is 16.6. The van der Waals surface area contributed by atoms with Gasteiger partial charge in [-0.1, -0.05) is 333 Å². The molecule has 0 rings (SSSR count). The Labute approximate surface area is 479 Å². The molecule has 0 heterocycles. The van der Waals surface area contributed by atoms with Crippen molar-refractivity contribution in [3.8, 4) is 0 Å². The van der Waals surface area contributed by atoms with Crippen LogP contribution in [0, 0.1) is 0 Å². The van der Waals surface area contributed by atoms with Crippen LogP contribution >= 0.6 is 0 Å². The van der Waals surface area contributed by atoms with Gasteiger partial charge in [-0.2, -0.15) is 0 Å². The molecular formula is C71H130O6. The maximum absolute atomic E-state index is 12.9. The van der Waals surface area contributed by atoms with Crippen molar-refractivity contribution in [2.24, 2.45) is 0 Å². The highest BCUT2D eigenvalue weighted by Crippen LogP contribution is 2.18. The van der Waals surface area contributed by atoms with E-state index in [1.807, 2.05) is 0 Å². The Morgan fingerprint density at radius 2 is 0.468 bits per heavy atom. The van der Waals surface area contributed by atoms with Crippen molar-refractivity contribution in [2.75, 3.05) is 13.2 Å². The minimum atomic E-state index is -0.788. The number of carbonyl (C=O) groups is 3. The monoisotopic (exact) mass is 1080 g/mol. The minimum absolute atomic E-state index is 0.0809. The molecule has 0 N–H and O–H groups in total. The highest BCUT2D eigenvalue weighted by Gasteiger charge is 2.19. The summed E-state index contributed by atoms with van der Waals surface area (Å²) < 4.78 is 17.0. The summed E-state index contributed by atoms with van der Waals surface area (Å²) >= 11 is 0. The third kappa shape index (κ3) is 64.1. The van der Waals surface area contributed by atoms with Crippen molar-refractivity contribution in [3.63, 3.8) is 0 Å². The number of hydrogen-bond donors (Lipinski definition) is 0. The zero-order chi connectivity index (χ0) is 55.7. The molecule has 0 saturated heterocycles. The molecule has 0 spiro atoms. The Hall–Kier alpha value is -2.63. The summed E-state index contributed by atoms with van der Waals surface area (Å²) in [4.78, 5) is 38.4. The molecule has 0 aliphatic rings. The van der Waals surface area contributed by atoms with Gasteiger partial charge in [0.15, 0.2) is 6.10 Å². The molecule has 6 heteroatoms. The highest BCUT2D eigenvalue weighted by molar-refractivity contribution is 5.71. The first-order chi connectivity index (χ1) is 38.0. The molecule has 0 radical (unpaired) electrons. The Morgan fingerprint density at radius 1 is 0.260 bits per heavy atom. The third-order valence-corrected chi connectivity index (χ3v) is 15.3. The lowest BCUT2D eigenvalue weighted by molar-refractivity contribution is -0.167. The van der Waals surface area contributed by atoms with Crippen molar-refractivity contribution in [2.45, 2.75) is 374 Å². The summed E-state index contributed by atoms with van der Waals surface area (Å²) in [7, 11) is 0. The maximum atomic E-state index is 12.9. The van der Waals surface area contributed by atoms with Gasteiger partial charge in [0.05, 0.1) is 0 Å². The topological polar surface area (TPSA) is 78.9 Å². The number of allylic oxidation sites excluding steroid dienone is 8. The van der Waals surface area contributed by atoms with E-state index in [2.05, 4.69) is 69.4 Å². The molecule has 1 atom stereocenters. The van der Waals surface area contributed by atoms with Crippen molar-refractivity contribution in [1.82, 2.24) is 0 Å². The fourth-order valence-electron chi connectivity index (χ4n) is 10.2. The fourth-order valence-corrected chi connectivity index (χ4v) is 10.2. The Balaban J connectivity index is 4.36. The van der Waals surface area contributed by atoms with Gasteiger partial charge in [-0.05, 0) is 64.2 Å². The van der Waals surface area contributed by atoms with Gasteiger partial charge in [0, 0.05) is 19.3 Å². The molecule has 0 saturated carbocycles. The standard InChI is InChI=1S/C71H130O6/c1-4-7-10-13-16-19-22-25-28-31-34-35-38-40-43-46-49-52-55-58-61-64-70(73)76-67-68(77-71(74)65-62-59-56-53-50-47-44-41-37-33-30-27-24-21-18-15-12-9-6-3)66-75-69(72)63-60-57-54-51-48-45-42-39-36-32-29-26-23-20-17-14-11-8-5-2/h18,21,27,30,37,41,47,50,68H,4-17,19-20,22-26,28-29,31-36,38-40,42-46,48-49,51-67H2,1-3H3/b21-18-,30-27-,41-37-,50-47-. The number of ether oxygens (including phenoxy) is 3. The lowest BCUT2D eigenvalue weighted by atomic mass is 10.0. The molecule has 77 heavy (non-hydrogen) atoms. The Morgan fingerprint density at radius 3 is 0.753 bits per heavy atom. The van der Waals surface area contributed by atoms with Crippen molar-refractivity contribution in [3.05, 3.63) is 48.6 Å². The van der Waals surface area contributed by atoms with Crippen molar-refractivity contribution < 1.29 is 28.6 Å². The summed E-state index contributed by atoms with van der Waals surface area (Å²) in [5.41, 5.74) is 0. The van der Waals surface area contributed by atoms with Crippen LogP contribution in [0.5, 0.6) is 0 Å². The number of hydrogen-bond acceptors (Lipinski definition) is 6. The second-order valence-electron chi connectivity index (χ2n) is 23.1. The van der Waals surface area contributed by atoms with Gasteiger partial charge >= 0.3 is 17.9 Å². The summed E-state index contributed by atoms with van der Waals surface area (Å²) in [6.07, 6.45) is 82.7. The summed E-state index contributed by atoms with van der Waals surface area (Å²) in [6, 6.07) is 0. The van der Waals surface area contributed by atoms with E-state index < -0.39 is 6.10 Å². The molecule has 0 amide bonds. The zero-order valence-electron chi connectivity index (χ0n) is 51.7. The van der Waals surface area contributed by atoms with Crippen molar-refractivity contribution >= 4 is 17.9 Å². The molecule has 1 unspecified atom stereocenters. The summed E-state index contributed by atoms with van der Waals surface area (Å²) in [6.45, 7) is 6.66. The molecule has 0 aliphatic carbocycles. The van der Waals surface area contributed by atoms with Gasteiger partial charge in [0.25, 0.3) is 0 Å². The summed E-state index contributed by atoms with van der Waals surface area (Å²) in [5.74, 6) is -0.884. The van der Waals surface area contributed by atoms with E-state index in [9.17, 15) is 14.4 Å². The second-order valence-corrected chi connectivity index (χ2v) is 23.1. The quantitative estimate of drug-likeness (QED) is 0.0261. The number of esters is 3. The average molecular weight is 1080 g/mol. The lowest BCUT2D eigenvalue weighted by Crippen LogP contribution is -2.30. The predicted molar refractivity (Wildman–Crippen MR) is 335 cm³/mol. The van der Waals surface area contributed by atoms with Gasteiger partial charge in [-0.15, -0.1) is 0 Å². The minimum Gasteiger partial charge on any atom is -0.462 e. The Kier molecular flexibility index (Phi) is 63.6. The fraction of sp³-hybridized carbons (Fsp3) is 0.845. The van der Waals surface area contributed by atoms with E-state index in [1.54, 1.807) is 0 Å².